The smallest absolute Gasteiger partial charge is 0.254 e. The van der Waals surface area contributed by atoms with E-state index in [-0.39, 0.29) is 17.7 Å². The molecule has 188 valence electrons. The zero-order valence-corrected chi connectivity index (χ0v) is 20.5. The lowest BCUT2D eigenvalue weighted by Crippen LogP contribution is -2.43. The number of benzene rings is 3. The molecule has 0 radical (unpaired) electrons. The molecule has 0 bridgehead atoms. The van der Waals surface area contributed by atoms with E-state index in [1.807, 2.05) is 67.6 Å². The van der Waals surface area contributed by atoms with Crippen LogP contribution in [0.5, 0.6) is 17.2 Å². The number of likely N-dealkylation sites (tertiary alicyclic amines) is 1. The highest BCUT2D eigenvalue weighted by atomic mass is 16.5. The van der Waals surface area contributed by atoms with Gasteiger partial charge in [0.25, 0.3) is 5.91 Å². The zero-order valence-electron chi connectivity index (χ0n) is 20.5. The van der Waals surface area contributed by atoms with Crippen molar-refractivity contribution in [1.82, 2.24) is 4.90 Å². The third-order valence-electron chi connectivity index (χ3n) is 5.96. The van der Waals surface area contributed by atoms with Crippen LogP contribution in [0.25, 0.3) is 0 Å². The van der Waals surface area contributed by atoms with Gasteiger partial charge >= 0.3 is 0 Å². The number of amides is 2. The van der Waals surface area contributed by atoms with Crippen molar-refractivity contribution in [3.63, 3.8) is 0 Å². The second-order valence-corrected chi connectivity index (χ2v) is 8.55. The topological polar surface area (TPSA) is 77.1 Å². The predicted octanol–water partition coefficient (Wildman–Crippen LogP) is 5.03. The number of anilines is 1. The molecule has 1 aliphatic heterocycles. The van der Waals surface area contributed by atoms with Crippen molar-refractivity contribution < 1.29 is 23.8 Å². The molecule has 1 atom stereocenters. The Balaban J connectivity index is 1.36. The first-order valence-corrected chi connectivity index (χ1v) is 12.4. The standard InChI is InChI=1S/C29H32N2O5/c1-2-34-27-20-22(15-16-26(27)36-19-18-35-25-13-7-4-8-14-25)29(33)31-17-9-10-23(21-31)28(32)30-24-11-5-3-6-12-24/h3-8,11-16,20,23H,2,9-10,17-19,21H2,1H3,(H,30,32). The summed E-state index contributed by atoms with van der Waals surface area (Å²) in [7, 11) is 0. The Morgan fingerprint density at radius 3 is 2.36 bits per heavy atom. The van der Waals surface area contributed by atoms with Crippen molar-refractivity contribution in [3.8, 4) is 17.2 Å². The number of hydrogen-bond donors (Lipinski definition) is 1. The molecular formula is C29H32N2O5. The van der Waals surface area contributed by atoms with Crippen molar-refractivity contribution in [2.24, 2.45) is 5.92 Å². The van der Waals surface area contributed by atoms with E-state index >= 15 is 0 Å². The van der Waals surface area contributed by atoms with Gasteiger partial charge in [-0.2, -0.15) is 0 Å². The second-order valence-electron chi connectivity index (χ2n) is 8.55. The van der Waals surface area contributed by atoms with Crippen LogP contribution in [0.3, 0.4) is 0 Å². The van der Waals surface area contributed by atoms with Crippen molar-refractivity contribution in [2.75, 3.05) is 38.2 Å². The number of para-hydroxylation sites is 2. The highest BCUT2D eigenvalue weighted by molar-refractivity contribution is 5.96. The predicted molar refractivity (Wildman–Crippen MR) is 139 cm³/mol. The lowest BCUT2D eigenvalue weighted by Gasteiger charge is -2.32. The van der Waals surface area contributed by atoms with E-state index in [0.29, 0.717) is 50.0 Å². The first-order chi connectivity index (χ1) is 17.6. The minimum atomic E-state index is -0.249. The zero-order chi connectivity index (χ0) is 25.2. The summed E-state index contributed by atoms with van der Waals surface area (Å²) < 4.78 is 17.3. The maximum Gasteiger partial charge on any atom is 0.254 e. The highest BCUT2D eigenvalue weighted by Gasteiger charge is 2.29. The quantitative estimate of drug-likeness (QED) is 0.405. The Bertz CT molecular complexity index is 1140. The fraction of sp³-hybridized carbons (Fsp3) is 0.310. The molecule has 1 saturated heterocycles. The second kappa shape index (κ2) is 12.6. The van der Waals surface area contributed by atoms with Crippen LogP contribution in [0.4, 0.5) is 5.69 Å². The molecule has 0 aliphatic carbocycles. The van der Waals surface area contributed by atoms with Crippen LogP contribution in [0.1, 0.15) is 30.1 Å². The van der Waals surface area contributed by atoms with Crippen LogP contribution in [0.15, 0.2) is 78.9 Å². The first-order valence-electron chi connectivity index (χ1n) is 12.4. The molecule has 1 unspecified atom stereocenters. The van der Waals surface area contributed by atoms with Gasteiger partial charge in [-0.25, -0.2) is 0 Å². The first kappa shape index (κ1) is 25.1. The molecule has 3 aromatic rings. The highest BCUT2D eigenvalue weighted by Crippen LogP contribution is 2.30. The third kappa shape index (κ3) is 6.78. The molecule has 1 N–H and O–H groups in total. The summed E-state index contributed by atoms with van der Waals surface area (Å²) in [5.41, 5.74) is 1.27. The van der Waals surface area contributed by atoms with Gasteiger partial charge in [-0.15, -0.1) is 0 Å². The molecule has 2 amide bonds. The fourth-order valence-electron chi connectivity index (χ4n) is 4.18. The fourth-order valence-corrected chi connectivity index (χ4v) is 4.18. The number of nitrogens with zero attached hydrogens (tertiary/aromatic N) is 1. The third-order valence-corrected chi connectivity index (χ3v) is 5.96. The number of hydrogen-bond acceptors (Lipinski definition) is 5. The van der Waals surface area contributed by atoms with Crippen LogP contribution in [-0.2, 0) is 4.79 Å². The number of rotatable bonds is 10. The van der Waals surface area contributed by atoms with E-state index < -0.39 is 0 Å². The van der Waals surface area contributed by atoms with Crippen molar-refractivity contribution >= 4 is 17.5 Å². The van der Waals surface area contributed by atoms with Crippen LogP contribution in [-0.4, -0.2) is 49.6 Å². The van der Waals surface area contributed by atoms with Gasteiger partial charge in [0, 0.05) is 24.3 Å². The van der Waals surface area contributed by atoms with Gasteiger partial charge in [-0.1, -0.05) is 36.4 Å². The molecule has 1 heterocycles. The lowest BCUT2D eigenvalue weighted by atomic mass is 9.96. The molecule has 3 aromatic carbocycles. The van der Waals surface area contributed by atoms with Gasteiger partial charge in [0.2, 0.25) is 5.91 Å². The van der Waals surface area contributed by atoms with Gasteiger partial charge in [-0.05, 0) is 62.2 Å². The van der Waals surface area contributed by atoms with Crippen LogP contribution >= 0.6 is 0 Å². The molecular weight excluding hydrogens is 456 g/mol. The SMILES string of the molecule is CCOc1cc(C(=O)N2CCCC(C(=O)Nc3ccccc3)C2)ccc1OCCOc1ccccc1. The van der Waals surface area contributed by atoms with E-state index in [9.17, 15) is 9.59 Å². The molecule has 0 aromatic heterocycles. The van der Waals surface area contributed by atoms with Gasteiger partial charge in [0.05, 0.1) is 12.5 Å². The number of nitrogens with one attached hydrogen (secondary N) is 1. The van der Waals surface area contributed by atoms with Crippen molar-refractivity contribution in [1.29, 1.82) is 0 Å². The number of carbonyl (C=O) groups excluding carboxylic acids is 2. The number of piperidine rings is 1. The Hall–Kier alpha value is -4.00. The minimum Gasteiger partial charge on any atom is -0.490 e. The molecule has 0 spiro atoms. The van der Waals surface area contributed by atoms with E-state index in [1.165, 1.54) is 0 Å². The molecule has 7 heteroatoms. The molecule has 1 aliphatic rings. The van der Waals surface area contributed by atoms with E-state index in [0.717, 1.165) is 24.3 Å². The average Bonchev–Trinajstić information content (AvgIpc) is 2.92. The minimum absolute atomic E-state index is 0.0600. The molecule has 7 nitrogen and oxygen atoms in total. The maximum absolute atomic E-state index is 13.3. The van der Waals surface area contributed by atoms with Gasteiger partial charge in [-0.3, -0.25) is 9.59 Å². The summed E-state index contributed by atoms with van der Waals surface area (Å²) in [5.74, 6) is 1.43. The van der Waals surface area contributed by atoms with E-state index in [1.54, 1.807) is 23.1 Å². The van der Waals surface area contributed by atoms with Crippen LogP contribution in [0.2, 0.25) is 0 Å². The van der Waals surface area contributed by atoms with Crippen LogP contribution in [0, 0.1) is 5.92 Å². The van der Waals surface area contributed by atoms with Gasteiger partial charge in [0.1, 0.15) is 19.0 Å². The summed E-state index contributed by atoms with van der Waals surface area (Å²) >= 11 is 0. The van der Waals surface area contributed by atoms with Crippen LogP contribution < -0.4 is 19.5 Å². The maximum atomic E-state index is 13.3. The number of ether oxygens (including phenoxy) is 3. The van der Waals surface area contributed by atoms with Crippen molar-refractivity contribution in [3.05, 3.63) is 84.4 Å². The molecule has 4 rings (SSSR count). The Morgan fingerprint density at radius 2 is 1.61 bits per heavy atom. The average molecular weight is 489 g/mol. The summed E-state index contributed by atoms with van der Waals surface area (Å²) in [6.07, 6.45) is 1.53. The Morgan fingerprint density at radius 1 is 0.889 bits per heavy atom. The summed E-state index contributed by atoms with van der Waals surface area (Å²) in [6.45, 7) is 4.06. The largest absolute Gasteiger partial charge is 0.490 e. The summed E-state index contributed by atoms with van der Waals surface area (Å²) in [6, 6.07) is 24.1. The Labute approximate surface area is 212 Å². The summed E-state index contributed by atoms with van der Waals surface area (Å²) in [5, 5.41) is 2.96. The number of carbonyl (C=O) groups is 2. The molecule has 1 fully saturated rings. The monoisotopic (exact) mass is 488 g/mol. The Kier molecular flexibility index (Phi) is 8.81. The summed E-state index contributed by atoms with van der Waals surface area (Å²) in [4.78, 5) is 27.8. The normalized spacial score (nSPS) is 15.1. The van der Waals surface area contributed by atoms with Gasteiger partial charge < -0.3 is 24.4 Å². The van der Waals surface area contributed by atoms with Crippen molar-refractivity contribution in [2.45, 2.75) is 19.8 Å². The lowest BCUT2D eigenvalue weighted by molar-refractivity contribution is -0.121. The van der Waals surface area contributed by atoms with E-state index in [2.05, 4.69) is 5.32 Å². The molecule has 36 heavy (non-hydrogen) atoms. The van der Waals surface area contributed by atoms with Gasteiger partial charge in [0.15, 0.2) is 11.5 Å². The van der Waals surface area contributed by atoms with E-state index in [4.69, 9.17) is 14.2 Å². The molecule has 0 saturated carbocycles.